The molecule has 2 N–H and O–H groups in total. The van der Waals surface area contributed by atoms with Crippen molar-refractivity contribution in [2.45, 2.75) is 6.92 Å². The molecule has 150 valence electrons. The predicted octanol–water partition coefficient (Wildman–Crippen LogP) is 7.53. The Bertz CT molecular complexity index is 1220. The zero-order valence-corrected chi connectivity index (χ0v) is 19.1. The van der Waals surface area contributed by atoms with Crippen LogP contribution in [0.1, 0.15) is 15.9 Å². The summed E-state index contributed by atoms with van der Waals surface area (Å²) in [6.45, 7) is 2.02. The number of hydrogen-bond acceptors (Lipinski definition) is 4. The highest BCUT2D eigenvalue weighted by molar-refractivity contribution is 9.10. The first kappa shape index (κ1) is 20.6. The average Bonchev–Trinajstić information content (AvgIpc) is 3.19. The van der Waals surface area contributed by atoms with Gasteiger partial charge in [-0.3, -0.25) is 4.79 Å². The number of aryl methyl sites for hydroxylation is 1. The quantitative estimate of drug-likeness (QED) is 0.299. The number of halogens is 2. The number of nitrogens with one attached hydrogen (secondary N) is 2. The minimum absolute atomic E-state index is 0.162. The van der Waals surface area contributed by atoms with E-state index in [1.165, 1.54) is 11.3 Å². The normalized spacial score (nSPS) is 10.6. The number of carbonyl (C=O) groups excluding carboxylic acids is 1. The summed E-state index contributed by atoms with van der Waals surface area (Å²) in [5, 5.41) is 9.70. The average molecular weight is 499 g/mol. The minimum Gasteiger partial charge on any atom is -0.331 e. The Labute approximate surface area is 192 Å². The van der Waals surface area contributed by atoms with Gasteiger partial charge in [-0.25, -0.2) is 4.98 Å². The molecule has 0 saturated carbocycles. The lowest BCUT2D eigenvalue weighted by molar-refractivity contribution is 0.102. The molecule has 1 heterocycles. The molecule has 30 heavy (non-hydrogen) atoms. The molecule has 0 aliphatic rings. The summed E-state index contributed by atoms with van der Waals surface area (Å²) < 4.78 is 0.862. The van der Waals surface area contributed by atoms with Crippen molar-refractivity contribution in [1.29, 1.82) is 0 Å². The minimum atomic E-state index is -0.162. The number of hydrogen-bond donors (Lipinski definition) is 2. The van der Waals surface area contributed by atoms with Gasteiger partial charge in [-0.2, -0.15) is 0 Å². The number of anilines is 3. The summed E-state index contributed by atoms with van der Waals surface area (Å²) in [5.41, 5.74) is 5.08. The van der Waals surface area contributed by atoms with Gasteiger partial charge in [0.05, 0.1) is 5.69 Å². The summed E-state index contributed by atoms with van der Waals surface area (Å²) in [4.78, 5) is 17.2. The predicted molar refractivity (Wildman–Crippen MR) is 129 cm³/mol. The molecule has 3 aromatic carbocycles. The number of carbonyl (C=O) groups is 1. The Morgan fingerprint density at radius 1 is 1.07 bits per heavy atom. The molecule has 0 aliphatic heterocycles. The van der Waals surface area contributed by atoms with Crippen LogP contribution in [0, 0.1) is 6.92 Å². The van der Waals surface area contributed by atoms with Gasteiger partial charge in [-0.1, -0.05) is 51.8 Å². The monoisotopic (exact) mass is 497 g/mol. The van der Waals surface area contributed by atoms with Crippen molar-refractivity contribution in [2.75, 3.05) is 10.6 Å². The number of rotatable bonds is 5. The molecule has 1 aromatic heterocycles. The molecule has 0 spiro atoms. The third-order valence-electron chi connectivity index (χ3n) is 4.45. The van der Waals surface area contributed by atoms with Crippen LogP contribution in [0.5, 0.6) is 0 Å². The molecule has 0 atom stereocenters. The zero-order valence-electron chi connectivity index (χ0n) is 15.9. The molecule has 4 nitrogen and oxygen atoms in total. The van der Waals surface area contributed by atoms with Crippen LogP contribution in [0.4, 0.5) is 16.5 Å². The molecule has 0 bridgehead atoms. The standard InChI is InChI=1S/C23H17BrClN3OS/c1-14-8-9-18(25)12-20(14)27-23-28-21(13-30-23)15-4-3-7-19(11-15)26-22(29)16-5-2-6-17(24)10-16/h2-13H,1H3,(H,26,29)(H,27,28). The van der Waals surface area contributed by atoms with E-state index in [0.717, 1.165) is 32.1 Å². The molecular formula is C23H17BrClN3OS. The van der Waals surface area contributed by atoms with E-state index in [4.69, 9.17) is 11.6 Å². The Kier molecular flexibility index (Phi) is 6.18. The molecule has 0 aliphatic carbocycles. The van der Waals surface area contributed by atoms with Gasteiger partial charge in [0, 0.05) is 37.4 Å². The number of amides is 1. The van der Waals surface area contributed by atoms with Gasteiger partial charge in [-0.15, -0.1) is 11.3 Å². The highest BCUT2D eigenvalue weighted by Crippen LogP contribution is 2.30. The van der Waals surface area contributed by atoms with Crippen molar-refractivity contribution < 1.29 is 4.79 Å². The van der Waals surface area contributed by atoms with E-state index in [1.54, 1.807) is 12.1 Å². The van der Waals surface area contributed by atoms with Gasteiger partial charge in [0.15, 0.2) is 5.13 Å². The van der Waals surface area contributed by atoms with Crippen LogP contribution >= 0.6 is 38.9 Å². The van der Waals surface area contributed by atoms with Crippen molar-refractivity contribution in [3.05, 3.63) is 92.7 Å². The SMILES string of the molecule is Cc1ccc(Cl)cc1Nc1nc(-c2cccc(NC(=O)c3cccc(Br)c3)c2)cs1. The highest BCUT2D eigenvalue weighted by atomic mass is 79.9. The number of nitrogens with zero attached hydrogens (tertiary/aromatic N) is 1. The van der Waals surface area contributed by atoms with Crippen LogP contribution in [-0.4, -0.2) is 10.9 Å². The second-order valence-electron chi connectivity index (χ2n) is 6.67. The third kappa shape index (κ3) is 4.90. The molecule has 0 saturated heterocycles. The first-order chi connectivity index (χ1) is 14.5. The largest absolute Gasteiger partial charge is 0.331 e. The maximum atomic E-state index is 12.5. The maximum Gasteiger partial charge on any atom is 0.255 e. The third-order valence-corrected chi connectivity index (χ3v) is 5.93. The highest BCUT2D eigenvalue weighted by Gasteiger charge is 2.10. The summed E-state index contributed by atoms with van der Waals surface area (Å²) in [7, 11) is 0. The van der Waals surface area contributed by atoms with Crippen molar-refractivity contribution in [3.8, 4) is 11.3 Å². The number of thiazole rings is 1. The Hall–Kier alpha value is -2.67. The van der Waals surface area contributed by atoms with Gasteiger partial charge < -0.3 is 10.6 Å². The Balaban J connectivity index is 1.51. The van der Waals surface area contributed by atoms with Gasteiger partial charge in [0.2, 0.25) is 0 Å². The summed E-state index contributed by atoms with van der Waals surface area (Å²) in [6, 6.07) is 20.7. The second kappa shape index (κ2) is 9.00. The van der Waals surface area contributed by atoms with E-state index in [9.17, 15) is 4.79 Å². The van der Waals surface area contributed by atoms with Crippen LogP contribution in [0.3, 0.4) is 0 Å². The van der Waals surface area contributed by atoms with Gasteiger partial charge in [0.25, 0.3) is 5.91 Å². The van der Waals surface area contributed by atoms with E-state index in [0.29, 0.717) is 16.3 Å². The van der Waals surface area contributed by atoms with Gasteiger partial charge in [0.1, 0.15) is 0 Å². The lowest BCUT2D eigenvalue weighted by atomic mass is 10.1. The molecule has 7 heteroatoms. The van der Waals surface area contributed by atoms with Gasteiger partial charge in [-0.05, 0) is 55.0 Å². The van der Waals surface area contributed by atoms with Crippen LogP contribution < -0.4 is 10.6 Å². The van der Waals surface area contributed by atoms with E-state index >= 15 is 0 Å². The molecular weight excluding hydrogens is 482 g/mol. The zero-order chi connectivity index (χ0) is 21.1. The Morgan fingerprint density at radius 3 is 2.73 bits per heavy atom. The maximum absolute atomic E-state index is 12.5. The smallest absolute Gasteiger partial charge is 0.255 e. The van der Waals surface area contributed by atoms with Crippen molar-refractivity contribution in [3.63, 3.8) is 0 Å². The van der Waals surface area contributed by atoms with Crippen LogP contribution in [0.15, 0.2) is 76.6 Å². The fourth-order valence-electron chi connectivity index (χ4n) is 2.90. The summed E-state index contributed by atoms with van der Waals surface area (Å²) in [5.74, 6) is -0.162. The molecule has 1 amide bonds. The van der Waals surface area contributed by atoms with Crippen molar-refractivity contribution >= 4 is 61.3 Å². The first-order valence-corrected chi connectivity index (χ1v) is 11.2. The molecule has 0 fully saturated rings. The fraction of sp³-hybridized carbons (Fsp3) is 0.0435. The first-order valence-electron chi connectivity index (χ1n) is 9.14. The topological polar surface area (TPSA) is 54.0 Å². The summed E-state index contributed by atoms with van der Waals surface area (Å²) in [6.07, 6.45) is 0. The number of benzene rings is 3. The summed E-state index contributed by atoms with van der Waals surface area (Å²) >= 11 is 11.0. The van der Waals surface area contributed by atoms with Crippen molar-refractivity contribution in [1.82, 2.24) is 4.98 Å². The van der Waals surface area contributed by atoms with E-state index in [-0.39, 0.29) is 5.91 Å². The Morgan fingerprint density at radius 2 is 1.90 bits per heavy atom. The fourth-order valence-corrected chi connectivity index (χ4v) is 4.20. The van der Waals surface area contributed by atoms with E-state index in [1.807, 2.05) is 66.9 Å². The lowest BCUT2D eigenvalue weighted by Crippen LogP contribution is -2.11. The molecule has 4 aromatic rings. The van der Waals surface area contributed by atoms with E-state index < -0.39 is 0 Å². The van der Waals surface area contributed by atoms with Crippen LogP contribution in [0.2, 0.25) is 5.02 Å². The second-order valence-corrected chi connectivity index (χ2v) is 8.88. The van der Waals surface area contributed by atoms with Crippen LogP contribution in [0.25, 0.3) is 11.3 Å². The van der Waals surface area contributed by atoms with Crippen molar-refractivity contribution in [2.24, 2.45) is 0 Å². The lowest BCUT2D eigenvalue weighted by Gasteiger charge is -2.08. The molecule has 4 rings (SSSR count). The molecule has 0 unspecified atom stereocenters. The number of aromatic nitrogens is 1. The van der Waals surface area contributed by atoms with Crippen LogP contribution in [-0.2, 0) is 0 Å². The molecule has 0 radical (unpaired) electrons. The van der Waals surface area contributed by atoms with E-state index in [2.05, 4.69) is 31.5 Å². The van der Waals surface area contributed by atoms with Gasteiger partial charge >= 0.3 is 0 Å².